The smallest absolute Gasteiger partial charge is 0.227 e. The normalized spacial score (nSPS) is 18.2. The Morgan fingerprint density at radius 1 is 1.16 bits per heavy atom. The van der Waals surface area contributed by atoms with Gasteiger partial charge in [-0.25, -0.2) is 0 Å². The molecule has 0 atom stereocenters. The van der Waals surface area contributed by atoms with E-state index in [2.05, 4.69) is 34.5 Å². The van der Waals surface area contributed by atoms with Gasteiger partial charge in [0.05, 0.1) is 13.2 Å². The van der Waals surface area contributed by atoms with Gasteiger partial charge in [-0.1, -0.05) is 24.3 Å². The molecule has 132 valence electrons. The molecule has 2 aromatic rings. The second-order valence-electron chi connectivity index (χ2n) is 6.99. The first-order valence-electron chi connectivity index (χ1n) is 9.02. The number of rotatable bonds is 5. The topological polar surface area (TPSA) is 54.7 Å². The highest BCUT2D eigenvalue weighted by molar-refractivity contribution is 5.30. The molecule has 0 amide bonds. The summed E-state index contributed by atoms with van der Waals surface area (Å²) in [6.45, 7) is 5.08. The van der Waals surface area contributed by atoms with Crippen LogP contribution in [0.5, 0.6) is 5.75 Å². The van der Waals surface area contributed by atoms with Crippen LogP contribution in [0.4, 0.5) is 0 Å². The van der Waals surface area contributed by atoms with E-state index in [1.165, 1.54) is 17.4 Å². The fourth-order valence-corrected chi connectivity index (χ4v) is 3.62. The van der Waals surface area contributed by atoms with Gasteiger partial charge in [0, 0.05) is 19.2 Å². The summed E-state index contributed by atoms with van der Waals surface area (Å²) in [5.74, 6) is 1.53. The van der Waals surface area contributed by atoms with E-state index in [4.69, 9.17) is 9.15 Å². The Labute approximate surface area is 147 Å². The number of nitrogens with one attached hydrogen (secondary N) is 1. The molecule has 0 bridgehead atoms. The van der Waals surface area contributed by atoms with Crippen LogP contribution in [0.25, 0.3) is 0 Å². The van der Waals surface area contributed by atoms with Gasteiger partial charge in [0.1, 0.15) is 12.0 Å². The van der Waals surface area contributed by atoms with Crippen LogP contribution in [0, 0.1) is 5.92 Å². The zero-order valence-electron chi connectivity index (χ0n) is 14.4. The van der Waals surface area contributed by atoms with Crippen LogP contribution in [-0.4, -0.2) is 24.6 Å². The van der Waals surface area contributed by atoms with Crippen molar-refractivity contribution >= 4 is 0 Å². The molecule has 1 saturated heterocycles. The third-order valence-corrected chi connectivity index (χ3v) is 5.07. The van der Waals surface area contributed by atoms with Gasteiger partial charge >= 0.3 is 0 Å². The van der Waals surface area contributed by atoms with Gasteiger partial charge in [0.25, 0.3) is 0 Å². The number of nitrogens with zero attached hydrogens (tertiary/aromatic N) is 1. The van der Waals surface area contributed by atoms with E-state index in [-0.39, 0.29) is 5.43 Å². The van der Waals surface area contributed by atoms with Gasteiger partial charge < -0.3 is 14.5 Å². The molecule has 5 nitrogen and oxygen atoms in total. The van der Waals surface area contributed by atoms with Crippen molar-refractivity contribution in [2.75, 3.05) is 19.7 Å². The van der Waals surface area contributed by atoms with Gasteiger partial charge in [0.2, 0.25) is 11.2 Å². The van der Waals surface area contributed by atoms with Crippen molar-refractivity contribution in [3.05, 3.63) is 63.7 Å². The van der Waals surface area contributed by atoms with Crippen molar-refractivity contribution in [2.45, 2.75) is 32.5 Å². The van der Waals surface area contributed by atoms with Gasteiger partial charge in [-0.2, -0.15) is 0 Å². The fourth-order valence-electron chi connectivity index (χ4n) is 3.62. The molecule has 0 aliphatic carbocycles. The van der Waals surface area contributed by atoms with Gasteiger partial charge in [0.15, 0.2) is 0 Å². The molecule has 5 heteroatoms. The third kappa shape index (κ3) is 3.94. The molecule has 2 aliphatic heterocycles. The summed E-state index contributed by atoms with van der Waals surface area (Å²) in [6, 6.07) is 10.0. The summed E-state index contributed by atoms with van der Waals surface area (Å²) >= 11 is 0. The summed E-state index contributed by atoms with van der Waals surface area (Å²) in [7, 11) is 0. The Morgan fingerprint density at radius 3 is 2.56 bits per heavy atom. The number of piperidine rings is 1. The van der Waals surface area contributed by atoms with E-state index < -0.39 is 0 Å². The lowest BCUT2D eigenvalue weighted by Crippen LogP contribution is -2.31. The number of hydrogen-bond acceptors (Lipinski definition) is 5. The maximum Gasteiger partial charge on any atom is 0.227 e. The summed E-state index contributed by atoms with van der Waals surface area (Å²) in [5.41, 5.74) is 2.62. The number of hydrogen-bond donors (Lipinski definition) is 1. The number of benzene rings is 1. The summed E-state index contributed by atoms with van der Waals surface area (Å²) in [5, 5.41) is 3.33. The van der Waals surface area contributed by atoms with Crippen LogP contribution in [0.2, 0.25) is 0 Å². The molecule has 1 aromatic heterocycles. The zero-order chi connectivity index (χ0) is 17.1. The molecule has 1 N–H and O–H groups in total. The highest BCUT2D eigenvalue weighted by Gasteiger charge is 2.20. The van der Waals surface area contributed by atoms with E-state index in [1.807, 2.05) is 0 Å². The molecule has 0 unspecified atom stereocenters. The lowest BCUT2D eigenvalue weighted by Gasteiger charge is -2.22. The summed E-state index contributed by atoms with van der Waals surface area (Å²) in [6.07, 6.45) is 3.67. The molecular weight excluding hydrogens is 316 g/mol. The van der Waals surface area contributed by atoms with E-state index in [0.717, 1.165) is 39.0 Å². The fraction of sp³-hybridized carbons (Fsp3) is 0.450. The third-order valence-electron chi connectivity index (χ3n) is 5.07. The second kappa shape index (κ2) is 7.42. The molecule has 3 heterocycles. The molecule has 1 fully saturated rings. The number of ether oxygens (including phenoxy) is 1. The second-order valence-corrected chi connectivity index (χ2v) is 6.99. The number of fused-ring (bicyclic) bond motifs is 1. The molecule has 0 spiro atoms. The van der Waals surface area contributed by atoms with E-state index in [9.17, 15) is 4.79 Å². The van der Waals surface area contributed by atoms with Gasteiger partial charge in [-0.15, -0.1) is 0 Å². The molecule has 0 radical (unpaired) electrons. The minimum Gasteiger partial charge on any atom is -0.486 e. The molecule has 2 aliphatic rings. The van der Waals surface area contributed by atoms with Crippen molar-refractivity contribution in [1.29, 1.82) is 0 Å². The predicted octanol–water partition coefficient (Wildman–Crippen LogP) is 2.53. The minimum absolute atomic E-state index is 0.0908. The van der Waals surface area contributed by atoms with Gasteiger partial charge in [-0.05, 0) is 43.0 Å². The van der Waals surface area contributed by atoms with Crippen molar-refractivity contribution in [2.24, 2.45) is 5.92 Å². The van der Waals surface area contributed by atoms with Crippen LogP contribution < -0.4 is 15.5 Å². The Bertz CT molecular complexity index is 756. The maximum atomic E-state index is 12.3. The lowest BCUT2D eigenvalue weighted by atomic mass is 9.99. The predicted molar refractivity (Wildman–Crippen MR) is 95.5 cm³/mol. The Morgan fingerprint density at radius 2 is 1.88 bits per heavy atom. The van der Waals surface area contributed by atoms with E-state index >= 15 is 0 Å². The standard InChI is InChI=1S/C20H24N2O3/c23-19-9-18(12-22-10-16-3-1-2-4-17(16)11-22)24-14-20(19)25-13-15-5-7-21-8-6-15/h1-4,9,14-15,21H,5-8,10-13H2. The average molecular weight is 340 g/mol. The molecule has 0 saturated carbocycles. The van der Waals surface area contributed by atoms with Gasteiger partial charge in [-0.3, -0.25) is 9.69 Å². The monoisotopic (exact) mass is 340 g/mol. The van der Waals surface area contributed by atoms with Crippen LogP contribution in [-0.2, 0) is 19.6 Å². The van der Waals surface area contributed by atoms with Crippen LogP contribution in [0.1, 0.15) is 29.7 Å². The Balaban J connectivity index is 1.35. The maximum absolute atomic E-state index is 12.3. The van der Waals surface area contributed by atoms with Crippen LogP contribution in [0.15, 0.2) is 45.8 Å². The SMILES string of the molecule is O=c1cc(CN2Cc3ccccc3C2)occ1OCC1CCNCC1. The Kier molecular flexibility index (Phi) is 4.85. The molecule has 1 aromatic carbocycles. The zero-order valence-corrected chi connectivity index (χ0v) is 14.4. The molecular formula is C20H24N2O3. The van der Waals surface area contributed by atoms with Crippen molar-refractivity contribution in [1.82, 2.24) is 10.2 Å². The van der Waals surface area contributed by atoms with Crippen molar-refractivity contribution in [3.8, 4) is 5.75 Å². The lowest BCUT2D eigenvalue weighted by molar-refractivity contribution is 0.205. The van der Waals surface area contributed by atoms with E-state index in [1.54, 1.807) is 6.07 Å². The van der Waals surface area contributed by atoms with Crippen molar-refractivity contribution in [3.63, 3.8) is 0 Å². The molecule has 25 heavy (non-hydrogen) atoms. The highest BCUT2D eigenvalue weighted by Crippen LogP contribution is 2.24. The van der Waals surface area contributed by atoms with Crippen LogP contribution in [0.3, 0.4) is 0 Å². The minimum atomic E-state index is -0.0908. The van der Waals surface area contributed by atoms with E-state index in [0.29, 0.717) is 30.6 Å². The molecule has 4 rings (SSSR count). The quantitative estimate of drug-likeness (QED) is 0.906. The largest absolute Gasteiger partial charge is 0.486 e. The van der Waals surface area contributed by atoms with Crippen molar-refractivity contribution < 1.29 is 9.15 Å². The average Bonchev–Trinajstić information content (AvgIpc) is 3.04. The summed E-state index contributed by atoms with van der Waals surface area (Å²) in [4.78, 5) is 14.6. The summed E-state index contributed by atoms with van der Waals surface area (Å²) < 4.78 is 11.4. The first-order chi connectivity index (χ1) is 12.3. The van der Waals surface area contributed by atoms with Crippen LogP contribution >= 0.6 is 0 Å². The highest BCUT2D eigenvalue weighted by atomic mass is 16.5. The first-order valence-corrected chi connectivity index (χ1v) is 9.02. The first kappa shape index (κ1) is 16.4. The Hall–Kier alpha value is -2.11.